The lowest BCUT2D eigenvalue weighted by Crippen LogP contribution is -1.96. The molecule has 17 heavy (non-hydrogen) atoms. The maximum atomic E-state index is 5.56. The SMILES string of the molecule is CCOc1cccc(OCc2nnc(N)s2)c1. The van der Waals surface area contributed by atoms with Gasteiger partial charge in [-0.05, 0) is 19.1 Å². The molecular weight excluding hydrogens is 238 g/mol. The maximum Gasteiger partial charge on any atom is 0.203 e. The molecule has 0 aliphatic carbocycles. The van der Waals surface area contributed by atoms with Gasteiger partial charge < -0.3 is 15.2 Å². The Morgan fingerprint density at radius 1 is 1.24 bits per heavy atom. The second kappa shape index (κ2) is 5.49. The predicted octanol–water partition coefficient (Wildman–Crippen LogP) is 2.10. The van der Waals surface area contributed by atoms with Gasteiger partial charge in [0.25, 0.3) is 0 Å². The highest BCUT2D eigenvalue weighted by atomic mass is 32.1. The van der Waals surface area contributed by atoms with Crippen LogP contribution in [0.4, 0.5) is 5.13 Å². The molecule has 0 aliphatic rings. The third-order valence-corrected chi connectivity index (χ3v) is 2.69. The number of rotatable bonds is 5. The van der Waals surface area contributed by atoms with Crippen LogP contribution < -0.4 is 15.2 Å². The minimum Gasteiger partial charge on any atom is -0.494 e. The van der Waals surface area contributed by atoms with E-state index in [-0.39, 0.29) is 0 Å². The Hall–Kier alpha value is -1.82. The monoisotopic (exact) mass is 251 g/mol. The van der Waals surface area contributed by atoms with Gasteiger partial charge in [0, 0.05) is 6.07 Å². The van der Waals surface area contributed by atoms with Crippen LogP contribution in [-0.2, 0) is 6.61 Å². The van der Waals surface area contributed by atoms with Crippen LogP contribution in [0.3, 0.4) is 0 Å². The van der Waals surface area contributed by atoms with Crippen LogP contribution >= 0.6 is 11.3 Å². The van der Waals surface area contributed by atoms with Crippen LogP contribution in [0.15, 0.2) is 24.3 Å². The number of anilines is 1. The number of hydrogen-bond acceptors (Lipinski definition) is 6. The van der Waals surface area contributed by atoms with Crippen molar-refractivity contribution in [2.75, 3.05) is 12.3 Å². The predicted molar refractivity (Wildman–Crippen MR) is 66.3 cm³/mol. The first kappa shape index (κ1) is 11.7. The lowest BCUT2D eigenvalue weighted by atomic mass is 10.3. The normalized spacial score (nSPS) is 10.2. The van der Waals surface area contributed by atoms with Crippen LogP contribution in [0.5, 0.6) is 11.5 Å². The van der Waals surface area contributed by atoms with E-state index < -0.39 is 0 Å². The third-order valence-electron chi connectivity index (χ3n) is 1.96. The second-order valence-corrected chi connectivity index (χ2v) is 4.32. The average molecular weight is 251 g/mol. The molecule has 0 spiro atoms. The number of nitrogens with zero attached hydrogens (tertiary/aromatic N) is 2. The molecule has 2 N–H and O–H groups in total. The molecule has 0 saturated heterocycles. The molecule has 0 saturated carbocycles. The number of hydrogen-bond donors (Lipinski definition) is 1. The van der Waals surface area contributed by atoms with Gasteiger partial charge >= 0.3 is 0 Å². The Bertz CT molecular complexity index is 487. The van der Waals surface area contributed by atoms with Crippen molar-refractivity contribution in [1.29, 1.82) is 0 Å². The Kier molecular flexibility index (Phi) is 3.77. The highest BCUT2D eigenvalue weighted by Gasteiger charge is 2.03. The molecule has 0 aliphatic heterocycles. The summed E-state index contributed by atoms with van der Waals surface area (Å²) in [6.07, 6.45) is 0. The Morgan fingerprint density at radius 3 is 2.65 bits per heavy atom. The van der Waals surface area contributed by atoms with Crippen LogP contribution in [0, 0.1) is 0 Å². The largest absolute Gasteiger partial charge is 0.494 e. The summed E-state index contributed by atoms with van der Waals surface area (Å²) >= 11 is 1.32. The molecule has 0 fully saturated rings. The van der Waals surface area contributed by atoms with E-state index in [4.69, 9.17) is 15.2 Å². The van der Waals surface area contributed by atoms with E-state index in [1.54, 1.807) is 0 Å². The Labute approximate surface area is 103 Å². The van der Waals surface area contributed by atoms with E-state index in [1.165, 1.54) is 11.3 Å². The number of benzene rings is 1. The number of aromatic nitrogens is 2. The van der Waals surface area contributed by atoms with Gasteiger partial charge in [0.1, 0.15) is 18.1 Å². The van der Waals surface area contributed by atoms with E-state index in [0.717, 1.165) is 16.5 Å². The van der Waals surface area contributed by atoms with Crippen LogP contribution in [-0.4, -0.2) is 16.8 Å². The van der Waals surface area contributed by atoms with Gasteiger partial charge in [0.15, 0.2) is 5.01 Å². The van der Waals surface area contributed by atoms with Gasteiger partial charge in [-0.3, -0.25) is 0 Å². The molecule has 1 heterocycles. The lowest BCUT2D eigenvalue weighted by molar-refractivity contribution is 0.298. The number of nitrogen functional groups attached to an aromatic ring is 1. The van der Waals surface area contributed by atoms with E-state index in [2.05, 4.69) is 10.2 Å². The standard InChI is InChI=1S/C11H13N3O2S/c1-2-15-8-4-3-5-9(6-8)16-7-10-13-14-11(12)17-10/h3-6H,2,7H2,1H3,(H2,12,14). The molecule has 1 aromatic carbocycles. The van der Waals surface area contributed by atoms with Crippen LogP contribution in [0.2, 0.25) is 0 Å². The fourth-order valence-electron chi connectivity index (χ4n) is 1.29. The van der Waals surface area contributed by atoms with E-state index in [0.29, 0.717) is 18.3 Å². The molecular formula is C11H13N3O2S. The highest BCUT2D eigenvalue weighted by Crippen LogP contribution is 2.21. The zero-order chi connectivity index (χ0) is 12.1. The lowest BCUT2D eigenvalue weighted by Gasteiger charge is -2.06. The zero-order valence-corrected chi connectivity index (χ0v) is 10.2. The minimum atomic E-state index is 0.366. The molecule has 0 amide bonds. The van der Waals surface area contributed by atoms with Crippen molar-refractivity contribution in [2.45, 2.75) is 13.5 Å². The van der Waals surface area contributed by atoms with Gasteiger partial charge in [-0.25, -0.2) is 0 Å². The van der Waals surface area contributed by atoms with E-state index >= 15 is 0 Å². The molecule has 0 unspecified atom stereocenters. The van der Waals surface area contributed by atoms with Gasteiger partial charge in [0.05, 0.1) is 6.61 Å². The molecule has 6 heteroatoms. The number of ether oxygens (including phenoxy) is 2. The quantitative estimate of drug-likeness (QED) is 0.881. The van der Waals surface area contributed by atoms with Gasteiger partial charge in [0.2, 0.25) is 5.13 Å². The summed E-state index contributed by atoms with van der Waals surface area (Å²) < 4.78 is 10.9. The number of nitrogens with two attached hydrogens (primary N) is 1. The Morgan fingerprint density at radius 2 is 2.00 bits per heavy atom. The van der Waals surface area contributed by atoms with Gasteiger partial charge in [-0.15, -0.1) is 10.2 Å². The van der Waals surface area contributed by atoms with Crippen molar-refractivity contribution >= 4 is 16.5 Å². The van der Waals surface area contributed by atoms with Crippen LogP contribution in [0.1, 0.15) is 11.9 Å². The minimum absolute atomic E-state index is 0.366. The first-order valence-corrected chi connectivity index (χ1v) is 6.03. The van der Waals surface area contributed by atoms with Crippen LogP contribution in [0.25, 0.3) is 0 Å². The molecule has 1 aromatic heterocycles. The second-order valence-electron chi connectivity index (χ2n) is 3.23. The van der Waals surface area contributed by atoms with Gasteiger partial charge in [-0.2, -0.15) is 0 Å². The van der Waals surface area contributed by atoms with Crippen molar-refractivity contribution in [3.63, 3.8) is 0 Å². The summed E-state index contributed by atoms with van der Waals surface area (Å²) in [4.78, 5) is 0. The molecule has 0 atom stereocenters. The summed E-state index contributed by atoms with van der Waals surface area (Å²) in [6.45, 7) is 2.94. The first-order chi connectivity index (χ1) is 8.28. The molecule has 0 radical (unpaired) electrons. The van der Waals surface area contributed by atoms with Crippen molar-refractivity contribution in [1.82, 2.24) is 10.2 Å². The molecule has 2 aromatic rings. The fraction of sp³-hybridized carbons (Fsp3) is 0.273. The maximum absolute atomic E-state index is 5.56. The smallest absolute Gasteiger partial charge is 0.203 e. The van der Waals surface area contributed by atoms with Crippen molar-refractivity contribution < 1.29 is 9.47 Å². The zero-order valence-electron chi connectivity index (χ0n) is 9.42. The topological polar surface area (TPSA) is 70.3 Å². The molecule has 2 rings (SSSR count). The summed E-state index contributed by atoms with van der Waals surface area (Å²) in [5.74, 6) is 1.53. The van der Waals surface area contributed by atoms with E-state index in [9.17, 15) is 0 Å². The summed E-state index contributed by atoms with van der Waals surface area (Å²) in [6, 6.07) is 7.48. The summed E-state index contributed by atoms with van der Waals surface area (Å²) in [5.41, 5.74) is 5.48. The van der Waals surface area contributed by atoms with E-state index in [1.807, 2.05) is 31.2 Å². The molecule has 0 bridgehead atoms. The third kappa shape index (κ3) is 3.32. The highest BCUT2D eigenvalue weighted by molar-refractivity contribution is 7.15. The first-order valence-electron chi connectivity index (χ1n) is 5.21. The summed E-state index contributed by atoms with van der Waals surface area (Å²) in [7, 11) is 0. The van der Waals surface area contributed by atoms with Crippen molar-refractivity contribution in [3.05, 3.63) is 29.3 Å². The molecule has 90 valence electrons. The van der Waals surface area contributed by atoms with Crippen molar-refractivity contribution in [2.24, 2.45) is 0 Å². The Balaban J connectivity index is 1.96. The fourth-order valence-corrected chi connectivity index (χ4v) is 1.81. The molecule has 5 nitrogen and oxygen atoms in total. The van der Waals surface area contributed by atoms with Gasteiger partial charge in [-0.1, -0.05) is 17.4 Å². The van der Waals surface area contributed by atoms with Crippen molar-refractivity contribution in [3.8, 4) is 11.5 Å². The summed E-state index contributed by atoms with van der Waals surface area (Å²) in [5, 5.41) is 8.80. The average Bonchev–Trinajstić information content (AvgIpc) is 2.74.